The van der Waals surface area contributed by atoms with Gasteiger partial charge in [0.1, 0.15) is 0 Å². The fourth-order valence-corrected chi connectivity index (χ4v) is 1.96. The molecule has 5 nitrogen and oxygen atoms in total. The summed E-state index contributed by atoms with van der Waals surface area (Å²) in [5, 5.41) is 16.3. The highest BCUT2D eigenvalue weighted by Gasteiger charge is 2.13. The highest BCUT2D eigenvalue weighted by Crippen LogP contribution is 2.24. The van der Waals surface area contributed by atoms with Crippen LogP contribution in [-0.4, -0.2) is 30.1 Å². The number of nitrogens with one attached hydrogen (secondary N) is 2. The van der Waals surface area contributed by atoms with Crippen LogP contribution >= 0.6 is 0 Å². The third kappa shape index (κ3) is 3.59. The molecular weight excluding hydrogens is 268 g/mol. The zero-order valence-electron chi connectivity index (χ0n) is 11.2. The SMILES string of the molecule is C#CCNCC(=O)Nc1cc2ccccc2cc1C(=O)O. The van der Waals surface area contributed by atoms with E-state index in [1.54, 1.807) is 12.1 Å². The van der Waals surface area contributed by atoms with Gasteiger partial charge in [-0.3, -0.25) is 10.1 Å². The molecule has 0 aliphatic carbocycles. The normalized spacial score (nSPS) is 10.0. The lowest BCUT2D eigenvalue weighted by molar-refractivity contribution is -0.115. The number of hydrogen-bond acceptors (Lipinski definition) is 3. The van der Waals surface area contributed by atoms with Gasteiger partial charge in [0.05, 0.1) is 24.3 Å². The molecule has 0 atom stereocenters. The molecule has 0 fully saturated rings. The fraction of sp³-hybridized carbons (Fsp3) is 0.125. The van der Waals surface area contributed by atoms with Crippen LogP contribution in [0.5, 0.6) is 0 Å². The highest BCUT2D eigenvalue weighted by atomic mass is 16.4. The summed E-state index contributed by atoms with van der Waals surface area (Å²) in [7, 11) is 0. The van der Waals surface area contributed by atoms with Gasteiger partial charge < -0.3 is 10.4 Å². The summed E-state index contributed by atoms with van der Waals surface area (Å²) >= 11 is 0. The maximum atomic E-state index is 11.8. The van der Waals surface area contributed by atoms with E-state index in [1.807, 2.05) is 24.3 Å². The first-order chi connectivity index (χ1) is 10.1. The maximum absolute atomic E-state index is 11.8. The molecule has 3 N–H and O–H groups in total. The van der Waals surface area contributed by atoms with Crippen LogP contribution < -0.4 is 10.6 Å². The molecule has 0 aliphatic rings. The van der Waals surface area contributed by atoms with Crippen molar-refractivity contribution in [3.63, 3.8) is 0 Å². The molecule has 106 valence electrons. The third-order valence-corrected chi connectivity index (χ3v) is 2.90. The van der Waals surface area contributed by atoms with Crippen molar-refractivity contribution in [1.29, 1.82) is 0 Å². The molecule has 2 rings (SSSR count). The van der Waals surface area contributed by atoms with Gasteiger partial charge in [-0.05, 0) is 22.9 Å². The molecule has 0 bridgehead atoms. The largest absolute Gasteiger partial charge is 0.478 e. The minimum atomic E-state index is -1.09. The number of carbonyl (C=O) groups is 2. The molecule has 0 saturated carbocycles. The lowest BCUT2D eigenvalue weighted by Gasteiger charge is -2.10. The smallest absolute Gasteiger partial charge is 0.337 e. The van der Waals surface area contributed by atoms with E-state index in [1.165, 1.54) is 0 Å². The lowest BCUT2D eigenvalue weighted by Crippen LogP contribution is -2.28. The number of aromatic carboxylic acids is 1. The number of amides is 1. The molecular formula is C16H14N2O3. The monoisotopic (exact) mass is 282 g/mol. The van der Waals surface area contributed by atoms with Gasteiger partial charge in [0.25, 0.3) is 0 Å². The van der Waals surface area contributed by atoms with Gasteiger partial charge in [-0.25, -0.2) is 4.79 Å². The molecule has 2 aromatic rings. The van der Waals surface area contributed by atoms with Gasteiger partial charge in [0, 0.05) is 0 Å². The fourth-order valence-electron chi connectivity index (χ4n) is 1.96. The number of fused-ring (bicyclic) bond motifs is 1. The van der Waals surface area contributed by atoms with Crippen molar-refractivity contribution in [2.24, 2.45) is 0 Å². The Kier molecular flexibility index (Phi) is 4.54. The number of hydrogen-bond donors (Lipinski definition) is 3. The van der Waals surface area contributed by atoms with E-state index >= 15 is 0 Å². The third-order valence-electron chi connectivity index (χ3n) is 2.90. The van der Waals surface area contributed by atoms with Crippen molar-refractivity contribution in [1.82, 2.24) is 5.32 Å². The molecule has 0 unspecified atom stereocenters. The van der Waals surface area contributed by atoms with E-state index in [0.717, 1.165) is 10.8 Å². The number of anilines is 1. The Morgan fingerprint density at radius 3 is 2.48 bits per heavy atom. The predicted octanol–water partition coefficient (Wildman–Crippen LogP) is 1.70. The summed E-state index contributed by atoms with van der Waals surface area (Å²) in [4.78, 5) is 23.1. The van der Waals surface area contributed by atoms with Crippen LogP contribution in [0.1, 0.15) is 10.4 Å². The molecule has 0 spiro atoms. The van der Waals surface area contributed by atoms with E-state index < -0.39 is 5.97 Å². The molecule has 1 amide bonds. The molecule has 21 heavy (non-hydrogen) atoms. The van der Waals surface area contributed by atoms with Crippen molar-refractivity contribution < 1.29 is 14.7 Å². The molecule has 0 radical (unpaired) electrons. The van der Waals surface area contributed by atoms with Crippen LogP contribution in [0.15, 0.2) is 36.4 Å². The summed E-state index contributed by atoms with van der Waals surface area (Å²) in [6, 6.07) is 10.5. The van der Waals surface area contributed by atoms with E-state index in [-0.39, 0.29) is 30.2 Å². The standard InChI is InChI=1S/C16H14N2O3/c1-2-7-17-10-15(19)18-14-9-12-6-4-3-5-11(12)8-13(14)16(20)21/h1,3-6,8-9,17H,7,10H2,(H,18,19)(H,20,21). The van der Waals surface area contributed by atoms with Crippen LogP contribution in [0.2, 0.25) is 0 Å². The van der Waals surface area contributed by atoms with Gasteiger partial charge in [0.2, 0.25) is 5.91 Å². The van der Waals surface area contributed by atoms with Gasteiger partial charge >= 0.3 is 5.97 Å². The molecule has 0 aromatic heterocycles. The van der Waals surface area contributed by atoms with Crippen molar-refractivity contribution in [3.8, 4) is 12.3 Å². The topological polar surface area (TPSA) is 78.4 Å². The Hall–Kier alpha value is -2.84. The van der Waals surface area contributed by atoms with Gasteiger partial charge in [0.15, 0.2) is 0 Å². The number of terminal acetylenes is 1. The first kappa shape index (κ1) is 14.6. The summed E-state index contributed by atoms with van der Waals surface area (Å²) in [5.74, 6) is 0.921. The van der Waals surface area contributed by atoms with Gasteiger partial charge in [-0.1, -0.05) is 30.2 Å². The quantitative estimate of drug-likeness (QED) is 0.576. The van der Waals surface area contributed by atoms with Crippen LogP contribution in [0.25, 0.3) is 10.8 Å². The number of carboxylic acids is 1. The second-order valence-corrected chi connectivity index (χ2v) is 4.41. The Bertz CT molecular complexity index is 732. The van der Waals surface area contributed by atoms with E-state index in [4.69, 9.17) is 6.42 Å². The number of carbonyl (C=O) groups excluding carboxylic acids is 1. The Morgan fingerprint density at radius 1 is 1.19 bits per heavy atom. The minimum absolute atomic E-state index is 0.0239. The van der Waals surface area contributed by atoms with Crippen LogP contribution in [-0.2, 0) is 4.79 Å². The van der Waals surface area contributed by atoms with Crippen LogP contribution in [0, 0.1) is 12.3 Å². The zero-order valence-corrected chi connectivity index (χ0v) is 11.2. The summed E-state index contributed by atoms with van der Waals surface area (Å²) in [6.45, 7) is 0.299. The zero-order chi connectivity index (χ0) is 15.2. The predicted molar refractivity (Wildman–Crippen MR) is 81.2 cm³/mol. The minimum Gasteiger partial charge on any atom is -0.478 e. The van der Waals surface area contributed by atoms with Crippen molar-refractivity contribution in [2.75, 3.05) is 18.4 Å². The van der Waals surface area contributed by atoms with Crippen molar-refractivity contribution in [2.45, 2.75) is 0 Å². The van der Waals surface area contributed by atoms with Crippen molar-refractivity contribution in [3.05, 3.63) is 42.0 Å². The Morgan fingerprint density at radius 2 is 1.86 bits per heavy atom. The number of rotatable bonds is 5. The average Bonchev–Trinajstić information content (AvgIpc) is 2.46. The van der Waals surface area contributed by atoms with Gasteiger partial charge in [-0.15, -0.1) is 6.42 Å². The molecule has 0 heterocycles. The molecule has 5 heteroatoms. The maximum Gasteiger partial charge on any atom is 0.337 e. The first-order valence-corrected chi connectivity index (χ1v) is 6.32. The van der Waals surface area contributed by atoms with Gasteiger partial charge in [-0.2, -0.15) is 0 Å². The van der Waals surface area contributed by atoms with Crippen molar-refractivity contribution >= 4 is 28.3 Å². The van der Waals surface area contributed by atoms with E-state index in [2.05, 4.69) is 16.6 Å². The van der Waals surface area contributed by atoms with E-state index in [0.29, 0.717) is 0 Å². The second kappa shape index (κ2) is 6.55. The average molecular weight is 282 g/mol. The van der Waals surface area contributed by atoms with E-state index in [9.17, 15) is 14.7 Å². The highest BCUT2D eigenvalue weighted by molar-refractivity contribution is 6.05. The second-order valence-electron chi connectivity index (χ2n) is 4.41. The number of carboxylic acid groups (broad SMARTS) is 1. The molecule has 0 saturated heterocycles. The summed E-state index contributed by atoms with van der Waals surface area (Å²) < 4.78 is 0. The summed E-state index contributed by atoms with van der Waals surface area (Å²) in [6.07, 6.45) is 5.07. The van der Waals surface area contributed by atoms with Crippen LogP contribution in [0.4, 0.5) is 5.69 Å². The Labute approximate surface area is 122 Å². The number of benzene rings is 2. The molecule has 2 aromatic carbocycles. The first-order valence-electron chi connectivity index (χ1n) is 6.32. The molecule has 0 aliphatic heterocycles. The summed E-state index contributed by atoms with van der Waals surface area (Å²) in [5.41, 5.74) is 0.327. The Balaban J connectivity index is 2.29. The van der Waals surface area contributed by atoms with Crippen LogP contribution in [0.3, 0.4) is 0 Å². The lowest BCUT2D eigenvalue weighted by atomic mass is 10.0.